The molecule has 204 valence electrons. The number of benzene rings is 2. The molecule has 2 aliphatic rings. The van der Waals surface area contributed by atoms with E-state index in [9.17, 15) is 13.6 Å². The van der Waals surface area contributed by atoms with Crippen LogP contribution < -0.4 is 10.6 Å². The molecule has 3 atom stereocenters. The van der Waals surface area contributed by atoms with Gasteiger partial charge in [0, 0.05) is 24.1 Å². The standard InChI is InChI=1S/C32H31F2N5O/c1-20-26-18-37-39(25-13-11-24(33)12-14-25)30(26)17-23-10-9-22(31(20)23)16-28(21-6-3-2-4-7-21)38-32(40)36-19-29-27(34)8-5-15-35-29/h2-8,11-15,18,20,22,28H,9-10,16-17,19H2,1H3,(H2,36,38,40)/t20-,22+,28?/m0/s1. The van der Waals surface area contributed by atoms with Crippen molar-refractivity contribution in [2.45, 2.75) is 51.1 Å². The number of nitrogens with one attached hydrogen (secondary N) is 2. The summed E-state index contributed by atoms with van der Waals surface area (Å²) in [5.41, 5.74) is 7.35. The number of urea groups is 1. The van der Waals surface area contributed by atoms with Crippen LogP contribution in [0.4, 0.5) is 13.6 Å². The fourth-order valence-corrected chi connectivity index (χ4v) is 6.30. The van der Waals surface area contributed by atoms with Crippen molar-refractivity contribution < 1.29 is 13.6 Å². The molecule has 6 rings (SSSR count). The lowest BCUT2D eigenvalue weighted by atomic mass is 9.78. The van der Waals surface area contributed by atoms with Gasteiger partial charge in [0.15, 0.2) is 0 Å². The van der Waals surface area contributed by atoms with E-state index in [4.69, 9.17) is 0 Å². The average Bonchev–Trinajstić information content (AvgIpc) is 3.58. The molecule has 0 radical (unpaired) electrons. The zero-order valence-electron chi connectivity index (χ0n) is 22.3. The van der Waals surface area contributed by atoms with E-state index in [0.29, 0.717) is 5.92 Å². The topological polar surface area (TPSA) is 71.8 Å². The molecule has 0 saturated carbocycles. The van der Waals surface area contributed by atoms with E-state index in [1.165, 1.54) is 47.2 Å². The van der Waals surface area contributed by atoms with E-state index in [1.54, 1.807) is 12.1 Å². The maximum absolute atomic E-state index is 14.0. The Labute approximate surface area is 232 Å². The zero-order valence-corrected chi connectivity index (χ0v) is 22.3. The predicted octanol–water partition coefficient (Wildman–Crippen LogP) is 6.54. The highest BCUT2D eigenvalue weighted by Gasteiger charge is 2.37. The molecule has 4 aromatic rings. The summed E-state index contributed by atoms with van der Waals surface area (Å²) >= 11 is 0. The Morgan fingerprint density at radius 2 is 1.88 bits per heavy atom. The van der Waals surface area contributed by atoms with Crippen LogP contribution >= 0.6 is 0 Å². The number of amides is 2. The van der Waals surface area contributed by atoms with Crippen LogP contribution in [-0.4, -0.2) is 20.8 Å². The Hall–Kier alpha value is -4.33. The molecule has 1 unspecified atom stereocenters. The Bertz CT molecular complexity index is 1550. The number of halogens is 2. The molecule has 40 heavy (non-hydrogen) atoms. The number of rotatable bonds is 7. The smallest absolute Gasteiger partial charge is 0.315 e. The minimum Gasteiger partial charge on any atom is -0.332 e. The van der Waals surface area contributed by atoms with Gasteiger partial charge in [-0.1, -0.05) is 48.4 Å². The van der Waals surface area contributed by atoms with Crippen LogP contribution in [0.3, 0.4) is 0 Å². The first-order valence-corrected chi connectivity index (χ1v) is 13.7. The highest BCUT2D eigenvalue weighted by molar-refractivity contribution is 5.74. The molecule has 0 fully saturated rings. The average molecular weight is 540 g/mol. The lowest BCUT2D eigenvalue weighted by Crippen LogP contribution is -2.38. The third-order valence-corrected chi connectivity index (χ3v) is 8.21. The summed E-state index contributed by atoms with van der Waals surface area (Å²) < 4.78 is 29.4. The molecule has 8 heteroatoms. The van der Waals surface area contributed by atoms with E-state index < -0.39 is 5.82 Å². The van der Waals surface area contributed by atoms with Gasteiger partial charge in [-0.25, -0.2) is 18.3 Å². The number of carbonyl (C=O) groups is 1. The molecule has 2 aromatic carbocycles. The van der Waals surface area contributed by atoms with Crippen LogP contribution in [0.25, 0.3) is 5.69 Å². The normalized spacial score (nSPS) is 18.7. The molecule has 2 aliphatic carbocycles. The number of allylic oxidation sites excluding steroid dienone is 2. The highest BCUT2D eigenvalue weighted by Crippen LogP contribution is 2.49. The van der Waals surface area contributed by atoms with Gasteiger partial charge in [-0.15, -0.1) is 0 Å². The fourth-order valence-electron chi connectivity index (χ4n) is 6.30. The van der Waals surface area contributed by atoms with Gasteiger partial charge in [0.2, 0.25) is 0 Å². The van der Waals surface area contributed by atoms with Crippen LogP contribution in [0.5, 0.6) is 0 Å². The fraction of sp³-hybridized carbons (Fsp3) is 0.281. The van der Waals surface area contributed by atoms with Crippen LogP contribution in [0.2, 0.25) is 0 Å². The minimum atomic E-state index is -0.443. The molecule has 0 aliphatic heterocycles. The summed E-state index contributed by atoms with van der Waals surface area (Å²) in [6.07, 6.45) is 7.07. The van der Waals surface area contributed by atoms with Crippen molar-refractivity contribution in [2.24, 2.45) is 5.92 Å². The number of nitrogens with zero attached hydrogens (tertiary/aromatic N) is 3. The van der Waals surface area contributed by atoms with Gasteiger partial charge in [0.25, 0.3) is 0 Å². The number of fused-ring (bicyclic) bond motifs is 1. The summed E-state index contributed by atoms with van der Waals surface area (Å²) in [7, 11) is 0. The molecule has 2 N–H and O–H groups in total. The van der Waals surface area contributed by atoms with Gasteiger partial charge < -0.3 is 10.6 Å². The Kier molecular flexibility index (Phi) is 7.15. The predicted molar refractivity (Wildman–Crippen MR) is 149 cm³/mol. The molecule has 0 saturated heterocycles. The van der Waals surface area contributed by atoms with Crippen LogP contribution in [0.15, 0.2) is 90.3 Å². The summed E-state index contributed by atoms with van der Waals surface area (Å²) in [5, 5.41) is 10.6. The first-order chi connectivity index (χ1) is 19.5. The van der Waals surface area contributed by atoms with Gasteiger partial charge in [0.1, 0.15) is 11.6 Å². The summed E-state index contributed by atoms with van der Waals surface area (Å²) in [6, 6.07) is 18.7. The Morgan fingerprint density at radius 1 is 1.07 bits per heavy atom. The second-order valence-corrected chi connectivity index (χ2v) is 10.6. The van der Waals surface area contributed by atoms with E-state index >= 15 is 0 Å². The van der Waals surface area contributed by atoms with Crippen molar-refractivity contribution in [3.8, 4) is 5.69 Å². The van der Waals surface area contributed by atoms with Crippen molar-refractivity contribution in [1.29, 1.82) is 0 Å². The molecule has 0 spiro atoms. The van der Waals surface area contributed by atoms with E-state index in [2.05, 4.69) is 27.6 Å². The maximum Gasteiger partial charge on any atom is 0.315 e. The minimum absolute atomic E-state index is 0.0105. The molecule has 2 heterocycles. The van der Waals surface area contributed by atoms with Crippen LogP contribution in [0.1, 0.15) is 60.7 Å². The Balaban J connectivity index is 1.20. The summed E-state index contributed by atoms with van der Waals surface area (Å²) in [5.74, 6) is -0.189. The number of aromatic nitrogens is 3. The van der Waals surface area contributed by atoms with Crippen LogP contribution in [0, 0.1) is 17.6 Å². The molecule has 2 aromatic heterocycles. The summed E-state index contributed by atoms with van der Waals surface area (Å²) in [6.45, 7) is 2.25. The van der Waals surface area contributed by atoms with Gasteiger partial charge >= 0.3 is 6.03 Å². The van der Waals surface area contributed by atoms with Gasteiger partial charge in [-0.3, -0.25) is 4.98 Å². The van der Waals surface area contributed by atoms with Gasteiger partial charge in [0.05, 0.1) is 35.9 Å². The van der Waals surface area contributed by atoms with E-state index in [0.717, 1.165) is 42.6 Å². The second kappa shape index (κ2) is 11.0. The zero-order chi connectivity index (χ0) is 27.6. The van der Waals surface area contributed by atoms with Crippen LogP contribution in [-0.2, 0) is 13.0 Å². The van der Waals surface area contributed by atoms with E-state index in [-0.39, 0.29) is 36.0 Å². The maximum atomic E-state index is 14.0. The second-order valence-electron chi connectivity index (χ2n) is 10.6. The Morgan fingerprint density at radius 3 is 2.65 bits per heavy atom. The van der Waals surface area contributed by atoms with Crippen molar-refractivity contribution in [3.63, 3.8) is 0 Å². The molecule has 6 nitrogen and oxygen atoms in total. The van der Waals surface area contributed by atoms with Gasteiger partial charge in [-0.2, -0.15) is 5.10 Å². The number of carbonyl (C=O) groups excluding carboxylic acids is 1. The molecule has 2 amide bonds. The number of pyridine rings is 1. The van der Waals surface area contributed by atoms with E-state index in [1.807, 2.05) is 41.2 Å². The third kappa shape index (κ3) is 5.13. The largest absolute Gasteiger partial charge is 0.332 e. The SMILES string of the molecule is C[C@@H]1C2=C(CC[C@@H]2CC(NC(=O)NCc2ncccc2F)c2ccccc2)Cc2c1cnn2-c1ccc(F)cc1. The van der Waals surface area contributed by atoms with Crippen molar-refractivity contribution in [2.75, 3.05) is 0 Å². The highest BCUT2D eigenvalue weighted by atomic mass is 19.1. The molecular formula is C32H31F2N5O. The lowest BCUT2D eigenvalue weighted by molar-refractivity contribution is 0.234. The molecule has 0 bridgehead atoms. The number of hydrogen-bond acceptors (Lipinski definition) is 3. The van der Waals surface area contributed by atoms with Crippen molar-refractivity contribution in [1.82, 2.24) is 25.4 Å². The van der Waals surface area contributed by atoms with Gasteiger partial charge in [-0.05, 0) is 67.1 Å². The lowest BCUT2D eigenvalue weighted by Gasteiger charge is -2.30. The number of hydrogen-bond donors (Lipinski definition) is 2. The quantitative estimate of drug-likeness (QED) is 0.262. The van der Waals surface area contributed by atoms with Crippen molar-refractivity contribution >= 4 is 6.03 Å². The monoisotopic (exact) mass is 539 g/mol. The first-order valence-electron chi connectivity index (χ1n) is 13.7. The molecular weight excluding hydrogens is 508 g/mol. The summed E-state index contributed by atoms with van der Waals surface area (Å²) in [4.78, 5) is 17.0. The van der Waals surface area contributed by atoms with Crippen molar-refractivity contribution in [3.05, 3.63) is 124 Å². The third-order valence-electron chi connectivity index (χ3n) is 8.21. The first kappa shape index (κ1) is 25.9.